The van der Waals surface area contributed by atoms with Gasteiger partial charge in [0.1, 0.15) is 0 Å². The SMILES string of the molecule is CCC1CN(C)CCN1C(=O)[C@@H]1CS(=O)(=O)C[C@H]1NC(=O)C1=COCCC1. The zero-order valence-electron chi connectivity index (χ0n) is 16.0. The van der Waals surface area contributed by atoms with Gasteiger partial charge in [-0.1, -0.05) is 6.92 Å². The van der Waals surface area contributed by atoms with Gasteiger partial charge in [-0.05, 0) is 26.3 Å². The molecule has 1 unspecified atom stereocenters. The van der Waals surface area contributed by atoms with Crippen LogP contribution in [0, 0.1) is 5.92 Å². The number of hydrogen-bond acceptors (Lipinski definition) is 6. The number of carbonyl (C=O) groups is 2. The lowest BCUT2D eigenvalue weighted by atomic mass is 9.98. The molecule has 0 aromatic heterocycles. The largest absolute Gasteiger partial charge is 0.501 e. The van der Waals surface area contributed by atoms with Gasteiger partial charge in [0.15, 0.2) is 9.84 Å². The Morgan fingerprint density at radius 1 is 1.30 bits per heavy atom. The molecule has 2 amide bonds. The maximum Gasteiger partial charge on any atom is 0.250 e. The Bertz CT molecular complexity index is 721. The van der Waals surface area contributed by atoms with Crippen LogP contribution in [0.15, 0.2) is 11.8 Å². The minimum Gasteiger partial charge on any atom is -0.501 e. The van der Waals surface area contributed by atoms with E-state index in [1.54, 1.807) is 0 Å². The Morgan fingerprint density at radius 2 is 2.07 bits per heavy atom. The van der Waals surface area contributed by atoms with E-state index >= 15 is 0 Å². The molecule has 0 aliphatic carbocycles. The smallest absolute Gasteiger partial charge is 0.250 e. The van der Waals surface area contributed by atoms with Crippen LogP contribution >= 0.6 is 0 Å². The van der Waals surface area contributed by atoms with Crippen molar-refractivity contribution in [3.05, 3.63) is 11.8 Å². The van der Waals surface area contributed by atoms with Crippen molar-refractivity contribution in [1.82, 2.24) is 15.1 Å². The lowest BCUT2D eigenvalue weighted by Gasteiger charge is -2.41. The number of carbonyl (C=O) groups excluding carboxylic acids is 2. The molecule has 1 N–H and O–H groups in total. The van der Waals surface area contributed by atoms with E-state index in [1.165, 1.54) is 6.26 Å². The molecule has 3 atom stereocenters. The van der Waals surface area contributed by atoms with Crippen LogP contribution in [0.4, 0.5) is 0 Å². The minimum atomic E-state index is -3.36. The average molecular weight is 400 g/mol. The number of piperazine rings is 1. The van der Waals surface area contributed by atoms with E-state index in [0.29, 0.717) is 25.1 Å². The van der Waals surface area contributed by atoms with E-state index in [0.717, 1.165) is 25.9 Å². The molecule has 0 aromatic carbocycles. The molecule has 0 spiro atoms. The van der Waals surface area contributed by atoms with Gasteiger partial charge < -0.3 is 19.9 Å². The summed E-state index contributed by atoms with van der Waals surface area (Å²) in [5, 5.41) is 2.79. The zero-order chi connectivity index (χ0) is 19.6. The fourth-order valence-electron chi connectivity index (χ4n) is 4.09. The Balaban J connectivity index is 1.74. The van der Waals surface area contributed by atoms with Gasteiger partial charge in [-0.15, -0.1) is 0 Å². The van der Waals surface area contributed by atoms with Gasteiger partial charge in [-0.25, -0.2) is 8.42 Å². The van der Waals surface area contributed by atoms with Crippen LogP contribution < -0.4 is 5.32 Å². The first-order valence-corrected chi connectivity index (χ1v) is 11.4. The van der Waals surface area contributed by atoms with Crippen LogP contribution in [0.2, 0.25) is 0 Å². The van der Waals surface area contributed by atoms with Gasteiger partial charge in [0, 0.05) is 25.7 Å². The van der Waals surface area contributed by atoms with E-state index in [2.05, 4.69) is 10.2 Å². The topological polar surface area (TPSA) is 96.0 Å². The molecule has 3 heterocycles. The molecule has 3 rings (SSSR count). The maximum absolute atomic E-state index is 13.2. The molecule has 0 bridgehead atoms. The Hall–Kier alpha value is -1.61. The van der Waals surface area contributed by atoms with Crippen LogP contribution in [0.5, 0.6) is 0 Å². The Morgan fingerprint density at radius 3 is 2.74 bits per heavy atom. The molecule has 152 valence electrons. The van der Waals surface area contributed by atoms with Crippen molar-refractivity contribution in [2.24, 2.45) is 5.92 Å². The van der Waals surface area contributed by atoms with E-state index < -0.39 is 21.8 Å². The molecule has 0 saturated carbocycles. The van der Waals surface area contributed by atoms with Crippen LogP contribution in [-0.2, 0) is 24.2 Å². The normalized spacial score (nSPS) is 31.1. The Kier molecular flexibility index (Phi) is 6.10. The summed E-state index contributed by atoms with van der Waals surface area (Å²) in [4.78, 5) is 29.7. The molecule has 2 saturated heterocycles. The molecule has 8 nitrogen and oxygen atoms in total. The highest BCUT2D eigenvalue weighted by molar-refractivity contribution is 7.91. The van der Waals surface area contributed by atoms with Crippen LogP contribution in [-0.4, -0.2) is 86.9 Å². The number of nitrogens with zero attached hydrogens (tertiary/aromatic N) is 2. The van der Waals surface area contributed by atoms with Gasteiger partial charge in [-0.3, -0.25) is 9.59 Å². The molecule has 0 radical (unpaired) electrons. The molecule has 3 aliphatic heterocycles. The first kappa shape index (κ1) is 20.1. The highest BCUT2D eigenvalue weighted by Gasteiger charge is 2.45. The lowest BCUT2D eigenvalue weighted by Crippen LogP contribution is -2.57. The number of rotatable bonds is 4. The summed E-state index contributed by atoms with van der Waals surface area (Å²) in [5.74, 6) is -1.60. The molecule has 27 heavy (non-hydrogen) atoms. The second-order valence-electron chi connectivity index (χ2n) is 7.74. The van der Waals surface area contributed by atoms with Crippen molar-refractivity contribution in [3.8, 4) is 0 Å². The number of amides is 2. The van der Waals surface area contributed by atoms with Crippen LogP contribution in [0.3, 0.4) is 0 Å². The predicted octanol–water partition coefficient (Wildman–Crippen LogP) is -0.237. The van der Waals surface area contributed by atoms with E-state index in [1.807, 2.05) is 18.9 Å². The summed E-state index contributed by atoms with van der Waals surface area (Å²) in [5.41, 5.74) is 0.503. The number of likely N-dealkylation sites (N-methyl/N-ethyl adjacent to an activating group) is 1. The van der Waals surface area contributed by atoms with Gasteiger partial charge >= 0.3 is 0 Å². The number of ether oxygens (including phenoxy) is 1. The van der Waals surface area contributed by atoms with Gasteiger partial charge in [0.05, 0.1) is 41.9 Å². The molecule has 2 fully saturated rings. The average Bonchev–Trinajstić information content (AvgIpc) is 2.95. The highest BCUT2D eigenvalue weighted by atomic mass is 32.2. The quantitative estimate of drug-likeness (QED) is 0.701. The zero-order valence-corrected chi connectivity index (χ0v) is 16.8. The number of nitrogens with one attached hydrogen (secondary N) is 1. The van der Waals surface area contributed by atoms with Crippen molar-refractivity contribution >= 4 is 21.7 Å². The molecule has 0 aromatic rings. The van der Waals surface area contributed by atoms with E-state index in [9.17, 15) is 18.0 Å². The van der Waals surface area contributed by atoms with Gasteiger partial charge in [0.2, 0.25) is 5.91 Å². The van der Waals surface area contributed by atoms with Crippen molar-refractivity contribution in [2.75, 3.05) is 44.8 Å². The van der Waals surface area contributed by atoms with Gasteiger partial charge in [0.25, 0.3) is 5.91 Å². The maximum atomic E-state index is 13.2. The fourth-order valence-corrected chi connectivity index (χ4v) is 6.01. The second kappa shape index (κ2) is 8.18. The first-order chi connectivity index (χ1) is 12.8. The standard InChI is InChI=1S/C18H29N3O5S/c1-3-14-9-20(2)6-7-21(14)18(23)15-11-27(24,25)12-16(15)19-17(22)13-5-4-8-26-10-13/h10,14-16H,3-9,11-12H2,1-2H3,(H,19,22)/t14?,15-,16-/m1/s1. The molecular formula is C18H29N3O5S. The summed E-state index contributed by atoms with van der Waals surface area (Å²) in [6.45, 7) is 4.75. The fraction of sp³-hybridized carbons (Fsp3) is 0.778. The first-order valence-electron chi connectivity index (χ1n) is 9.61. The number of sulfone groups is 1. The third kappa shape index (κ3) is 4.63. The minimum absolute atomic E-state index is 0.0744. The van der Waals surface area contributed by atoms with E-state index in [-0.39, 0.29) is 29.4 Å². The summed E-state index contributed by atoms with van der Waals surface area (Å²) in [7, 11) is -1.34. The molecular weight excluding hydrogens is 370 g/mol. The lowest BCUT2D eigenvalue weighted by molar-refractivity contribution is -0.140. The molecule has 3 aliphatic rings. The monoisotopic (exact) mass is 399 g/mol. The third-order valence-corrected chi connectivity index (χ3v) is 7.39. The summed E-state index contributed by atoms with van der Waals surface area (Å²) in [6, 6.07) is -0.611. The van der Waals surface area contributed by atoms with Crippen molar-refractivity contribution in [1.29, 1.82) is 0 Å². The number of hydrogen-bond donors (Lipinski definition) is 1. The second-order valence-corrected chi connectivity index (χ2v) is 9.89. The van der Waals surface area contributed by atoms with Crippen molar-refractivity contribution in [2.45, 2.75) is 38.3 Å². The van der Waals surface area contributed by atoms with E-state index in [4.69, 9.17) is 4.74 Å². The molecule has 9 heteroatoms. The summed E-state index contributed by atoms with van der Waals surface area (Å²) < 4.78 is 29.7. The Labute approximate surface area is 160 Å². The van der Waals surface area contributed by atoms with Crippen LogP contribution in [0.1, 0.15) is 26.2 Å². The predicted molar refractivity (Wildman–Crippen MR) is 101 cm³/mol. The van der Waals surface area contributed by atoms with Crippen molar-refractivity contribution < 1.29 is 22.7 Å². The van der Waals surface area contributed by atoms with Crippen LogP contribution in [0.25, 0.3) is 0 Å². The summed E-state index contributed by atoms with van der Waals surface area (Å²) >= 11 is 0. The van der Waals surface area contributed by atoms with Crippen molar-refractivity contribution in [3.63, 3.8) is 0 Å². The summed E-state index contributed by atoms with van der Waals surface area (Å²) in [6.07, 6.45) is 3.60. The third-order valence-electron chi connectivity index (χ3n) is 5.65. The van der Waals surface area contributed by atoms with Gasteiger partial charge in [-0.2, -0.15) is 0 Å². The highest BCUT2D eigenvalue weighted by Crippen LogP contribution is 2.25.